The zero-order valence-electron chi connectivity index (χ0n) is 75.5. The van der Waals surface area contributed by atoms with Gasteiger partial charge in [-0.3, -0.25) is 0 Å². The van der Waals surface area contributed by atoms with Gasteiger partial charge >= 0.3 is 0 Å². The molecule has 0 saturated heterocycles. The Hall–Kier alpha value is -15.8. The highest BCUT2D eigenvalue weighted by atomic mass is 15.0. The number of aryl methyl sites for hydroxylation is 10. The van der Waals surface area contributed by atoms with E-state index in [9.17, 15) is 0 Å². The molecule has 5 heterocycles. The molecule has 0 saturated carbocycles. The molecule has 129 heavy (non-hydrogen) atoms. The van der Waals surface area contributed by atoms with Gasteiger partial charge in [-0.05, 0) is 188 Å². The molecule has 0 N–H and O–H groups in total. The highest BCUT2D eigenvalue weighted by Gasteiger charge is 2.17. The third-order valence-electron chi connectivity index (χ3n) is 23.0. The first kappa shape index (κ1) is 88.1. The van der Waals surface area contributed by atoms with Crippen LogP contribution in [-0.4, -0.2) is 22.8 Å². The quantitative estimate of drug-likeness (QED) is 0.168. The van der Waals surface area contributed by atoms with Crippen LogP contribution in [0.25, 0.3) is 132 Å². The van der Waals surface area contributed by atoms with Gasteiger partial charge in [0.25, 0.3) is 0 Å². The lowest BCUT2D eigenvalue weighted by Gasteiger charge is -2.08. The van der Waals surface area contributed by atoms with E-state index in [-0.39, 0.29) is 0 Å². The lowest BCUT2D eigenvalue weighted by atomic mass is 10.1. The lowest BCUT2D eigenvalue weighted by molar-refractivity contribution is 1.01. The van der Waals surface area contributed by atoms with Crippen LogP contribution in [0.15, 0.2) is 491 Å². The summed E-state index contributed by atoms with van der Waals surface area (Å²) >= 11 is 0. The summed E-state index contributed by atoms with van der Waals surface area (Å²) in [5.74, 6) is 0. The SMILES string of the molecule is Cc1ccc2c(c1)c1ccccc1n2-c1ccccc1.Cc1ccc2c3ccccc3n(-c3ccccc3)c2c1.Cc1cccc2c1c1ccccc1n2-c1ccccc1.Cc1cccc2c3ccccc3n(-c3ccccc3)c12.Cc1ccccc1.Cc1ccccc1.Cc1ccccc1.Cc1ccccc1.Cc1ccccc1.Cn1c2ccccc2c2ccccc21. The second-order valence-corrected chi connectivity index (χ2v) is 32.6. The predicted molar refractivity (Wildman–Crippen MR) is 558 cm³/mol. The monoisotopic (exact) mass is 1670 g/mol. The van der Waals surface area contributed by atoms with E-state index >= 15 is 0 Å². The van der Waals surface area contributed by atoms with E-state index in [1.165, 1.54) is 182 Å². The highest BCUT2D eigenvalue weighted by molar-refractivity contribution is 6.13. The van der Waals surface area contributed by atoms with E-state index in [0.29, 0.717) is 0 Å². The molecule has 632 valence electrons. The van der Waals surface area contributed by atoms with Gasteiger partial charge in [0.15, 0.2) is 0 Å². The van der Waals surface area contributed by atoms with Crippen molar-refractivity contribution in [3.63, 3.8) is 0 Å². The van der Waals surface area contributed by atoms with Crippen LogP contribution in [0.1, 0.15) is 50.1 Å². The van der Waals surface area contributed by atoms with E-state index in [0.717, 1.165) is 0 Å². The van der Waals surface area contributed by atoms with Gasteiger partial charge in [-0.2, -0.15) is 0 Å². The van der Waals surface area contributed by atoms with Gasteiger partial charge in [0.05, 0.1) is 44.1 Å². The largest absolute Gasteiger partial charge is 0.344 e. The van der Waals surface area contributed by atoms with Gasteiger partial charge < -0.3 is 22.8 Å². The lowest BCUT2D eigenvalue weighted by Crippen LogP contribution is -1.94. The Morgan fingerprint density at radius 1 is 0.140 bits per heavy atom. The first-order valence-electron chi connectivity index (χ1n) is 44.5. The Kier molecular flexibility index (Phi) is 29.5. The molecule has 0 aliphatic rings. The van der Waals surface area contributed by atoms with Crippen molar-refractivity contribution in [2.24, 2.45) is 7.05 Å². The van der Waals surface area contributed by atoms with Crippen LogP contribution in [0.3, 0.4) is 0 Å². The summed E-state index contributed by atoms with van der Waals surface area (Å²) in [7, 11) is 2.12. The summed E-state index contributed by atoms with van der Waals surface area (Å²) in [5, 5.41) is 13.3. The minimum absolute atomic E-state index is 1.21. The number of hydrogen-bond donors (Lipinski definition) is 0. The van der Waals surface area contributed by atoms with E-state index in [1.807, 2.05) is 91.0 Å². The number of benzene rings is 19. The number of aromatic nitrogens is 5. The molecule has 0 bridgehead atoms. The molecule has 0 fully saturated rings. The maximum absolute atomic E-state index is 2.36. The molecular weight excluding hydrogens is 1560 g/mol. The average Bonchev–Trinajstić information content (AvgIpc) is 1.61. The van der Waals surface area contributed by atoms with Crippen molar-refractivity contribution in [3.05, 3.63) is 541 Å². The van der Waals surface area contributed by atoms with Gasteiger partial charge in [0.2, 0.25) is 0 Å². The molecule has 5 heteroatoms. The van der Waals surface area contributed by atoms with Crippen LogP contribution in [0.4, 0.5) is 0 Å². The summed E-state index contributed by atoms with van der Waals surface area (Å²) in [4.78, 5) is 0. The number of fused-ring (bicyclic) bond motifs is 15. The number of para-hydroxylation sites is 11. The van der Waals surface area contributed by atoms with Crippen molar-refractivity contribution < 1.29 is 0 Å². The minimum Gasteiger partial charge on any atom is -0.344 e. The maximum Gasteiger partial charge on any atom is 0.0570 e. The van der Waals surface area contributed by atoms with Crippen LogP contribution >= 0.6 is 0 Å². The van der Waals surface area contributed by atoms with Crippen molar-refractivity contribution in [2.45, 2.75) is 62.3 Å². The summed E-state index contributed by atoms with van der Waals surface area (Å²) in [6.45, 7) is 19.1. The second-order valence-electron chi connectivity index (χ2n) is 32.6. The van der Waals surface area contributed by atoms with Crippen molar-refractivity contribution in [1.82, 2.24) is 22.8 Å². The fraction of sp³-hybridized carbons (Fsp3) is 0.0806. The van der Waals surface area contributed by atoms with Crippen LogP contribution in [0, 0.1) is 62.3 Å². The van der Waals surface area contributed by atoms with Gasteiger partial charge in [0.1, 0.15) is 0 Å². The van der Waals surface area contributed by atoms with E-state index in [2.05, 4.69) is 493 Å². The molecule has 24 rings (SSSR count). The van der Waals surface area contributed by atoms with Crippen molar-refractivity contribution in [3.8, 4) is 22.7 Å². The summed E-state index contributed by atoms with van der Waals surface area (Å²) in [5.41, 5.74) is 29.5. The fourth-order valence-corrected chi connectivity index (χ4v) is 16.8. The van der Waals surface area contributed by atoms with Gasteiger partial charge in [-0.15, -0.1) is 0 Å². The third kappa shape index (κ3) is 21.4. The first-order chi connectivity index (χ1) is 63.3. The predicted octanol–water partition coefficient (Wildman–Crippen LogP) is 33.7. The molecule has 5 nitrogen and oxygen atoms in total. The molecule has 0 spiro atoms. The van der Waals surface area contributed by atoms with Gasteiger partial charge in [-0.1, -0.05) is 416 Å². The van der Waals surface area contributed by atoms with E-state index < -0.39 is 0 Å². The third-order valence-corrected chi connectivity index (χ3v) is 23.0. The fourth-order valence-electron chi connectivity index (χ4n) is 16.8. The van der Waals surface area contributed by atoms with Crippen LogP contribution < -0.4 is 0 Å². The smallest absolute Gasteiger partial charge is 0.0570 e. The molecule has 0 aliphatic carbocycles. The Morgan fingerprint density at radius 2 is 0.380 bits per heavy atom. The summed E-state index contributed by atoms with van der Waals surface area (Å²) < 4.78 is 11.6. The molecule has 0 atom stereocenters. The average molecular weight is 1670 g/mol. The van der Waals surface area contributed by atoms with Crippen molar-refractivity contribution >= 4 is 109 Å². The summed E-state index contributed by atoms with van der Waals surface area (Å²) in [6.07, 6.45) is 0. The van der Waals surface area contributed by atoms with Crippen LogP contribution in [-0.2, 0) is 7.05 Å². The highest BCUT2D eigenvalue weighted by Crippen LogP contribution is 2.38. The molecule has 5 aromatic heterocycles. The van der Waals surface area contributed by atoms with Gasteiger partial charge in [0, 0.05) is 94.7 Å². The van der Waals surface area contributed by atoms with Gasteiger partial charge in [-0.25, -0.2) is 0 Å². The molecule has 0 aliphatic heterocycles. The van der Waals surface area contributed by atoms with E-state index in [4.69, 9.17) is 0 Å². The Bertz CT molecular complexity index is 7320. The zero-order chi connectivity index (χ0) is 89.2. The zero-order valence-corrected chi connectivity index (χ0v) is 75.5. The molecular formula is C124H111N5. The standard InChI is InChI=1S/4C19H15N.C13H11N.5C7H8/c1-14-8-7-12-17-16-11-5-6-13-18(16)20(19(14)17)15-9-3-2-4-10-15;1-14-8-7-13-18-19(14)16-11-5-6-12-17(16)20(18)15-9-3-2-4-10-15;1-14-11-12-19-17(13-14)16-9-5-6-10-18(16)20(19)15-7-3-2-4-8-15;1-14-11-12-17-16-9-5-6-10-18(16)20(19(17)13-14)15-7-3-2-4-8-15;1-14-12-8-4-2-6-10(12)11-7-3-5-9-13(11)14;5*1-7-5-3-2-4-6-7/h4*2-13H,1H3;2-9H,1H3;5*2-6H,1H3. The van der Waals surface area contributed by atoms with Crippen molar-refractivity contribution in [2.75, 3.05) is 0 Å². The topological polar surface area (TPSA) is 24.6 Å². The second kappa shape index (κ2) is 43.2. The Morgan fingerprint density at radius 3 is 0.767 bits per heavy atom. The number of hydrogen-bond acceptors (Lipinski definition) is 0. The van der Waals surface area contributed by atoms with E-state index in [1.54, 1.807) is 0 Å². The first-order valence-corrected chi connectivity index (χ1v) is 44.5. The molecule has 0 radical (unpaired) electrons. The summed E-state index contributed by atoms with van der Waals surface area (Å²) in [6, 6.07) is 171. The molecule has 0 unspecified atom stereocenters. The van der Waals surface area contributed by atoms with Crippen LogP contribution in [0.2, 0.25) is 0 Å². The number of nitrogens with zero attached hydrogens (tertiary/aromatic N) is 5. The minimum atomic E-state index is 1.21. The number of rotatable bonds is 4. The molecule has 24 aromatic rings. The molecule has 0 amide bonds. The molecule has 19 aromatic carbocycles. The Labute approximate surface area is 760 Å². The Balaban J connectivity index is 0.000000114. The van der Waals surface area contributed by atoms with Crippen LogP contribution in [0.5, 0.6) is 0 Å². The normalized spacial score (nSPS) is 10.6. The van der Waals surface area contributed by atoms with Crippen molar-refractivity contribution in [1.29, 1.82) is 0 Å². The maximum atomic E-state index is 2.36.